The number of ether oxygens (including phenoxy) is 2. The van der Waals surface area contributed by atoms with E-state index in [9.17, 15) is 18.0 Å². The van der Waals surface area contributed by atoms with Gasteiger partial charge in [0.25, 0.3) is 0 Å². The molecule has 0 bridgehead atoms. The minimum Gasteiger partial charge on any atom is -0.490 e. The largest absolute Gasteiger partial charge is 0.490 e. The van der Waals surface area contributed by atoms with Gasteiger partial charge in [0.2, 0.25) is 0 Å². The molecular weight excluding hydrogens is 393 g/mol. The number of alkyl halides is 3. The summed E-state index contributed by atoms with van der Waals surface area (Å²) in [5.74, 6) is -0.811. The van der Waals surface area contributed by atoms with E-state index >= 15 is 0 Å². The van der Waals surface area contributed by atoms with Crippen molar-refractivity contribution in [3.8, 4) is 5.75 Å². The Morgan fingerprint density at radius 3 is 2.20 bits per heavy atom. The van der Waals surface area contributed by atoms with Crippen molar-refractivity contribution in [2.45, 2.75) is 45.1 Å². The van der Waals surface area contributed by atoms with E-state index in [1.54, 1.807) is 20.8 Å². The molecule has 0 radical (unpaired) electrons. The maximum Gasteiger partial charge on any atom is 0.422 e. The lowest BCUT2D eigenvalue weighted by Gasteiger charge is -2.29. The van der Waals surface area contributed by atoms with E-state index in [0.29, 0.717) is 5.75 Å². The van der Waals surface area contributed by atoms with Gasteiger partial charge in [-0.3, -0.25) is 0 Å². The zero-order chi connectivity index (χ0) is 22.1. The standard InChI is InChI=1S/C24H23F3O3/c1-15(14-23(3,4)30-22(28)16(2)24(25,26)27)29-21-13-17-9-5-6-10-18(17)19-11-7-8-12-20(19)21/h5-13,15H,2,14H2,1,3-4H3. The molecule has 3 aromatic carbocycles. The SMILES string of the molecule is C=C(C(=O)OC(C)(C)CC(C)Oc1cc2ccccc2c2ccccc12)C(F)(F)F. The van der Waals surface area contributed by atoms with Gasteiger partial charge in [-0.15, -0.1) is 0 Å². The van der Waals surface area contributed by atoms with Gasteiger partial charge in [0.15, 0.2) is 0 Å². The Kier molecular flexibility index (Phi) is 5.79. The van der Waals surface area contributed by atoms with Crippen LogP contribution in [0.1, 0.15) is 27.2 Å². The highest BCUT2D eigenvalue weighted by molar-refractivity contribution is 6.10. The van der Waals surface area contributed by atoms with Crippen LogP contribution in [0, 0.1) is 0 Å². The Balaban J connectivity index is 1.80. The van der Waals surface area contributed by atoms with Gasteiger partial charge in [-0.2, -0.15) is 13.2 Å². The Hall–Kier alpha value is -3.02. The third-order valence-corrected chi connectivity index (χ3v) is 4.79. The third-order valence-electron chi connectivity index (χ3n) is 4.79. The highest BCUT2D eigenvalue weighted by Crippen LogP contribution is 2.35. The Morgan fingerprint density at radius 2 is 1.57 bits per heavy atom. The molecule has 30 heavy (non-hydrogen) atoms. The second kappa shape index (κ2) is 8.01. The lowest BCUT2D eigenvalue weighted by atomic mass is 9.99. The van der Waals surface area contributed by atoms with Gasteiger partial charge in [0.05, 0.1) is 6.10 Å². The quantitative estimate of drug-likeness (QED) is 0.258. The zero-order valence-electron chi connectivity index (χ0n) is 17.0. The number of hydrogen-bond donors (Lipinski definition) is 0. The molecule has 0 aliphatic rings. The van der Waals surface area contributed by atoms with Gasteiger partial charge < -0.3 is 9.47 Å². The maximum absolute atomic E-state index is 12.7. The van der Waals surface area contributed by atoms with Crippen LogP contribution in [0.5, 0.6) is 5.75 Å². The van der Waals surface area contributed by atoms with Crippen molar-refractivity contribution in [3.05, 3.63) is 66.7 Å². The van der Waals surface area contributed by atoms with Crippen molar-refractivity contribution in [1.82, 2.24) is 0 Å². The summed E-state index contributed by atoms with van der Waals surface area (Å²) in [6.45, 7) is 7.68. The summed E-state index contributed by atoms with van der Waals surface area (Å²) in [5, 5.41) is 4.10. The van der Waals surface area contributed by atoms with Crippen LogP contribution in [0.25, 0.3) is 21.5 Å². The zero-order valence-corrected chi connectivity index (χ0v) is 17.0. The molecule has 3 aromatic rings. The average molecular weight is 416 g/mol. The predicted octanol–water partition coefficient (Wildman–Crippen LogP) is 6.59. The van der Waals surface area contributed by atoms with Crippen LogP contribution in [-0.2, 0) is 9.53 Å². The van der Waals surface area contributed by atoms with E-state index in [1.807, 2.05) is 54.6 Å². The fourth-order valence-electron chi connectivity index (χ4n) is 3.54. The van der Waals surface area contributed by atoms with Crippen LogP contribution in [0.4, 0.5) is 13.2 Å². The molecule has 0 saturated heterocycles. The summed E-state index contributed by atoms with van der Waals surface area (Å²) in [5.41, 5.74) is -2.69. The number of carbonyl (C=O) groups excluding carboxylic acids is 1. The van der Waals surface area contributed by atoms with E-state index < -0.39 is 29.4 Å². The minimum absolute atomic E-state index is 0.199. The highest BCUT2D eigenvalue weighted by Gasteiger charge is 2.40. The topological polar surface area (TPSA) is 35.5 Å². The summed E-state index contributed by atoms with van der Waals surface area (Å²) < 4.78 is 49.2. The van der Waals surface area contributed by atoms with Crippen molar-refractivity contribution in [2.24, 2.45) is 0 Å². The molecule has 0 fully saturated rings. The van der Waals surface area contributed by atoms with E-state index in [2.05, 4.69) is 6.58 Å². The summed E-state index contributed by atoms with van der Waals surface area (Å²) in [6.07, 6.45) is -5.04. The first kappa shape index (κ1) is 21.7. The van der Waals surface area contributed by atoms with Crippen LogP contribution in [0.15, 0.2) is 66.7 Å². The Morgan fingerprint density at radius 1 is 1.00 bits per heavy atom. The Bertz CT molecular complexity index is 1100. The lowest BCUT2D eigenvalue weighted by Crippen LogP contribution is -2.35. The number of rotatable bonds is 6. The van der Waals surface area contributed by atoms with Crippen LogP contribution in [0.2, 0.25) is 0 Å². The summed E-state index contributed by atoms with van der Waals surface area (Å²) >= 11 is 0. The number of benzene rings is 3. The van der Waals surface area contributed by atoms with Crippen LogP contribution < -0.4 is 4.74 Å². The number of esters is 1. The lowest BCUT2D eigenvalue weighted by molar-refractivity contribution is -0.163. The van der Waals surface area contributed by atoms with Gasteiger partial charge >= 0.3 is 12.1 Å². The van der Waals surface area contributed by atoms with Crippen LogP contribution >= 0.6 is 0 Å². The fourth-order valence-corrected chi connectivity index (χ4v) is 3.54. The van der Waals surface area contributed by atoms with Crippen LogP contribution in [-0.4, -0.2) is 23.9 Å². The van der Waals surface area contributed by atoms with Crippen molar-refractivity contribution in [1.29, 1.82) is 0 Å². The number of halogens is 3. The average Bonchev–Trinajstić information content (AvgIpc) is 2.66. The molecule has 6 heteroatoms. The van der Waals surface area contributed by atoms with Crippen molar-refractivity contribution in [3.63, 3.8) is 0 Å². The van der Waals surface area contributed by atoms with Gasteiger partial charge in [0.1, 0.15) is 16.9 Å². The second-order valence-corrected chi connectivity index (χ2v) is 7.90. The number of fused-ring (bicyclic) bond motifs is 3. The first-order valence-corrected chi connectivity index (χ1v) is 9.54. The molecule has 158 valence electrons. The summed E-state index contributed by atoms with van der Waals surface area (Å²) in [4.78, 5) is 11.8. The van der Waals surface area contributed by atoms with Gasteiger partial charge in [-0.25, -0.2) is 4.79 Å². The molecule has 3 rings (SSSR count). The molecule has 0 aliphatic heterocycles. The third kappa shape index (κ3) is 4.75. The van der Waals surface area contributed by atoms with Gasteiger partial charge in [-0.1, -0.05) is 55.1 Å². The fraction of sp³-hybridized carbons (Fsp3) is 0.292. The molecule has 0 spiro atoms. The molecule has 0 heterocycles. The van der Waals surface area contributed by atoms with Gasteiger partial charge in [0, 0.05) is 11.8 Å². The molecule has 0 saturated carbocycles. The summed E-state index contributed by atoms with van der Waals surface area (Å²) in [7, 11) is 0. The van der Waals surface area contributed by atoms with Crippen molar-refractivity contribution >= 4 is 27.5 Å². The molecule has 0 aliphatic carbocycles. The summed E-state index contributed by atoms with van der Waals surface area (Å²) in [6, 6.07) is 17.8. The van der Waals surface area contributed by atoms with Crippen molar-refractivity contribution < 1.29 is 27.4 Å². The maximum atomic E-state index is 12.7. The molecule has 0 N–H and O–H groups in total. The molecule has 1 unspecified atom stereocenters. The first-order valence-electron chi connectivity index (χ1n) is 9.54. The monoisotopic (exact) mass is 416 g/mol. The molecular formula is C24H23F3O3. The second-order valence-electron chi connectivity index (χ2n) is 7.90. The molecule has 0 amide bonds. The Labute approximate surface area is 173 Å². The van der Waals surface area contributed by atoms with E-state index in [-0.39, 0.29) is 6.42 Å². The van der Waals surface area contributed by atoms with E-state index in [0.717, 1.165) is 21.5 Å². The number of carbonyl (C=O) groups is 1. The van der Waals surface area contributed by atoms with Crippen molar-refractivity contribution in [2.75, 3.05) is 0 Å². The van der Waals surface area contributed by atoms with Gasteiger partial charge in [-0.05, 0) is 43.0 Å². The molecule has 1 atom stereocenters. The predicted molar refractivity (Wildman–Crippen MR) is 112 cm³/mol. The highest BCUT2D eigenvalue weighted by atomic mass is 19.4. The smallest absolute Gasteiger partial charge is 0.422 e. The first-order chi connectivity index (χ1) is 14.0. The minimum atomic E-state index is -4.82. The van der Waals surface area contributed by atoms with E-state index in [1.165, 1.54) is 0 Å². The number of hydrogen-bond acceptors (Lipinski definition) is 3. The molecule has 0 aromatic heterocycles. The van der Waals surface area contributed by atoms with E-state index in [4.69, 9.17) is 9.47 Å². The van der Waals surface area contributed by atoms with Crippen LogP contribution in [0.3, 0.4) is 0 Å². The molecule has 3 nitrogen and oxygen atoms in total. The normalized spacial score (nSPS) is 13.3.